The summed E-state index contributed by atoms with van der Waals surface area (Å²) in [4.78, 5) is 0. The highest BCUT2D eigenvalue weighted by molar-refractivity contribution is 9.10. The minimum atomic E-state index is 0.808. The summed E-state index contributed by atoms with van der Waals surface area (Å²) in [6.07, 6.45) is 0.900. The van der Waals surface area contributed by atoms with Crippen LogP contribution in [0.15, 0.2) is 308 Å². The SMILES string of the molecule is Brc1cccc(-c2cc(-c3ccccc3)cc(-c3ccccc3)c2)c1.Cc1ccc(-c2cccc(Cc3cccc(-c4cc(-c5ccccc5)cc(-c5ccccc5)c4)c3)c2)cc1.Cc1ccc(-c2cccc(N)c2)cc1. The van der Waals surface area contributed by atoms with E-state index in [-0.39, 0.29) is 0 Å². The van der Waals surface area contributed by atoms with Crippen LogP contribution in [0.1, 0.15) is 22.3 Å². The number of aryl methyl sites for hydroxylation is 2. The molecule has 0 amide bonds. The van der Waals surface area contributed by atoms with Gasteiger partial charge in [-0.2, -0.15) is 0 Å². The molecule has 0 bridgehead atoms. The van der Waals surface area contributed by atoms with Gasteiger partial charge < -0.3 is 5.73 Å². The van der Waals surface area contributed by atoms with E-state index in [1.165, 1.54) is 111 Å². The number of nitrogen functional groups attached to an aromatic ring is 1. The molecule has 0 unspecified atom stereocenters. The predicted octanol–water partition coefficient (Wildman–Crippen LogP) is 20.9. The first-order valence-corrected chi connectivity index (χ1v) is 27.0. The Morgan fingerprint density at radius 3 is 0.857 bits per heavy atom. The molecule has 372 valence electrons. The minimum absolute atomic E-state index is 0.808. The lowest BCUT2D eigenvalue weighted by atomic mass is 9.92. The van der Waals surface area contributed by atoms with E-state index in [1.807, 2.05) is 18.2 Å². The molecule has 2 N–H and O–H groups in total. The highest BCUT2D eigenvalue weighted by atomic mass is 79.9. The zero-order valence-corrected chi connectivity index (χ0v) is 45.1. The third-order valence-corrected chi connectivity index (χ3v) is 14.2. The zero-order chi connectivity index (χ0) is 52.8. The number of benzene rings is 12. The minimum Gasteiger partial charge on any atom is -0.399 e. The van der Waals surface area contributed by atoms with E-state index in [0.29, 0.717) is 0 Å². The van der Waals surface area contributed by atoms with Crippen molar-refractivity contribution in [2.24, 2.45) is 0 Å². The second-order valence-electron chi connectivity index (χ2n) is 19.5. The van der Waals surface area contributed by atoms with Crippen LogP contribution in [0.4, 0.5) is 5.69 Å². The van der Waals surface area contributed by atoms with Gasteiger partial charge in [0.1, 0.15) is 0 Å². The van der Waals surface area contributed by atoms with Crippen molar-refractivity contribution in [2.75, 3.05) is 5.73 Å². The average molecular weight is 1060 g/mol. The molecule has 0 aromatic heterocycles. The van der Waals surface area contributed by atoms with Gasteiger partial charge in [0.15, 0.2) is 0 Å². The highest BCUT2D eigenvalue weighted by Gasteiger charge is 2.11. The smallest absolute Gasteiger partial charge is 0.0320 e. The Bertz CT molecular complexity index is 3710. The summed E-state index contributed by atoms with van der Waals surface area (Å²) in [5.41, 5.74) is 31.4. The topological polar surface area (TPSA) is 26.0 Å². The van der Waals surface area contributed by atoms with Gasteiger partial charge in [-0.15, -0.1) is 0 Å². The van der Waals surface area contributed by atoms with Crippen molar-refractivity contribution in [3.63, 3.8) is 0 Å². The predicted molar refractivity (Wildman–Crippen MR) is 334 cm³/mol. The van der Waals surface area contributed by atoms with E-state index < -0.39 is 0 Å². The summed E-state index contributed by atoms with van der Waals surface area (Å²) in [7, 11) is 0. The summed E-state index contributed by atoms with van der Waals surface area (Å²) in [5, 5.41) is 0. The first kappa shape index (κ1) is 51.4. The molecule has 12 rings (SSSR count). The fraction of sp³-hybridized carbons (Fsp3) is 0.0400. The fourth-order valence-electron chi connectivity index (χ4n) is 9.61. The van der Waals surface area contributed by atoms with Gasteiger partial charge in [-0.05, 0) is 181 Å². The first-order chi connectivity index (χ1) is 37.8. The molecule has 0 aliphatic heterocycles. The second kappa shape index (κ2) is 25.0. The first-order valence-electron chi connectivity index (χ1n) is 26.2. The molecule has 12 aromatic rings. The molecule has 0 saturated heterocycles. The summed E-state index contributed by atoms with van der Waals surface area (Å²) in [5.74, 6) is 0. The Kier molecular flexibility index (Phi) is 16.7. The van der Waals surface area contributed by atoms with Crippen LogP contribution in [-0.4, -0.2) is 0 Å². The van der Waals surface area contributed by atoms with Crippen LogP contribution in [0.25, 0.3) is 89.0 Å². The van der Waals surface area contributed by atoms with Crippen molar-refractivity contribution in [1.82, 2.24) is 0 Å². The lowest BCUT2D eigenvalue weighted by molar-refractivity contribution is 1.19. The Hall–Kier alpha value is -9.08. The van der Waals surface area contributed by atoms with Crippen LogP contribution >= 0.6 is 15.9 Å². The van der Waals surface area contributed by atoms with E-state index in [0.717, 1.165) is 16.6 Å². The maximum absolute atomic E-state index is 5.73. The van der Waals surface area contributed by atoms with Crippen molar-refractivity contribution >= 4 is 21.6 Å². The van der Waals surface area contributed by atoms with Crippen LogP contribution in [0.5, 0.6) is 0 Å². The van der Waals surface area contributed by atoms with E-state index in [4.69, 9.17) is 5.73 Å². The van der Waals surface area contributed by atoms with Crippen LogP contribution in [0.3, 0.4) is 0 Å². The van der Waals surface area contributed by atoms with Gasteiger partial charge >= 0.3 is 0 Å². The molecule has 0 aliphatic rings. The van der Waals surface area contributed by atoms with Gasteiger partial charge in [0.2, 0.25) is 0 Å². The number of hydrogen-bond donors (Lipinski definition) is 1. The molecular formula is C75H60BrN. The molecule has 1 nitrogen and oxygen atoms in total. The number of hydrogen-bond acceptors (Lipinski definition) is 1. The van der Waals surface area contributed by atoms with Crippen molar-refractivity contribution in [2.45, 2.75) is 20.3 Å². The monoisotopic (exact) mass is 1050 g/mol. The number of halogens is 1. The van der Waals surface area contributed by atoms with Crippen molar-refractivity contribution < 1.29 is 0 Å². The van der Waals surface area contributed by atoms with Crippen molar-refractivity contribution in [3.05, 3.63) is 330 Å². The number of anilines is 1. The summed E-state index contributed by atoms with van der Waals surface area (Å²) < 4.78 is 1.09. The highest BCUT2D eigenvalue weighted by Crippen LogP contribution is 2.36. The summed E-state index contributed by atoms with van der Waals surface area (Å²) in [6.45, 7) is 4.22. The molecule has 0 atom stereocenters. The molecule has 0 spiro atoms. The quantitative estimate of drug-likeness (QED) is 0.136. The van der Waals surface area contributed by atoms with E-state index in [9.17, 15) is 0 Å². The van der Waals surface area contributed by atoms with Gasteiger partial charge in [-0.1, -0.05) is 270 Å². The van der Waals surface area contributed by atoms with E-state index in [2.05, 4.69) is 315 Å². The van der Waals surface area contributed by atoms with Crippen molar-refractivity contribution in [3.8, 4) is 89.0 Å². The molecule has 77 heavy (non-hydrogen) atoms. The van der Waals surface area contributed by atoms with Gasteiger partial charge in [0.25, 0.3) is 0 Å². The second-order valence-corrected chi connectivity index (χ2v) is 20.4. The third kappa shape index (κ3) is 13.8. The van der Waals surface area contributed by atoms with Crippen LogP contribution in [-0.2, 0) is 6.42 Å². The largest absolute Gasteiger partial charge is 0.399 e. The number of rotatable bonds is 10. The number of nitrogens with two attached hydrogens (primary N) is 1. The third-order valence-electron chi connectivity index (χ3n) is 13.7. The van der Waals surface area contributed by atoms with Gasteiger partial charge in [-0.3, -0.25) is 0 Å². The van der Waals surface area contributed by atoms with Gasteiger partial charge in [0, 0.05) is 10.2 Å². The molecule has 12 aromatic carbocycles. The maximum atomic E-state index is 5.73. The summed E-state index contributed by atoms with van der Waals surface area (Å²) >= 11 is 3.59. The zero-order valence-electron chi connectivity index (χ0n) is 43.5. The van der Waals surface area contributed by atoms with Crippen LogP contribution in [0.2, 0.25) is 0 Å². The normalized spacial score (nSPS) is 10.6. The Balaban J connectivity index is 0.000000147. The lowest BCUT2D eigenvalue weighted by Gasteiger charge is -2.12. The Labute approximate surface area is 463 Å². The van der Waals surface area contributed by atoms with Gasteiger partial charge in [-0.25, -0.2) is 0 Å². The molecule has 0 fully saturated rings. The molecule has 0 radical (unpaired) electrons. The fourth-order valence-corrected chi connectivity index (χ4v) is 10.0. The summed E-state index contributed by atoms with van der Waals surface area (Å²) in [6, 6.07) is 108. The standard InChI is InChI=1S/C38H30.C24H17Br.C13H13N/c1-28-18-20-33(21-19-28)34-16-8-10-29(23-34)22-30-11-9-17-35(24-30)38-26-36(31-12-4-2-5-13-31)25-37(27-38)32-14-6-3-7-15-32;25-24-13-7-12-20(17-24)23-15-21(18-8-3-1-4-9-18)14-22(16-23)19-10-5-2-6-11-19;1-10-5-7-11(8-6-10)12-3-2-4-13(14)9-12/h2-21,23-27H,22H2,1H3;1-17H;2-9H,14H2,1H3. The maximum Gasteiger partial charge on any atom is 0.0320 e. The molecule has 0 saturated carbocycles. The van der Waals surface area contributed by atoms with Crippen LogP contribution in [0, 0.1) is 13.8 Å². The Morgan fingerprint density at radius 2 is 0.506 bits per heavy atom. The van der Waals surface area contributed by atoms with E-state index >= 15 is 0 Å². The molecule has 2 heteroatoms. The molecule has 0 heterocycles. The van der Waals surface area contributed by atoms with Crippen molar-refractivity contribution in [1.29, 1.82) is 0 Å². The molecule has 0 aliphatic carbocycles. The van der Waals surface area contributed by atoms with Gasteiger partial charge in [0.05, 0.1) is 0 Å². The lowest BCUT2D eigenvalue weighted by Crippen LogP contribution is -1.91. The molecular weight excluding hydrogens is 995 g/mol. The Morgan fingerprint density at radius 1 is 0.234 bits per heavy atom. The average Bonchev–Trinajstić information content (AvgIpc) is 3.49. The van der Waals surface area contributed by atoms with E-state index in [1.54, 1.807) is 0 Å². The van der Waals surface area contributed by atoms with Crippen LogP contribution < -0.4 is 5.73 Å².